The summed E-state index contributed by atoms with van der Waals surface area (Å²) in [6.45, 7) is 3.67. The average Bonchev–Trinajstić information content (AvgIpc) is 3.14. The molecule has 0 saturated heterocycles. The normalized spacial score (nSPS) is 15.2. The Labute approximate surface area is 190 Å². The minimum absolute atomic E-state index is 0.0417. The van der Waals surface area contributed by atoms with Crippen LogP contribution in [0.15, 0.2) is 42.7 Å². The van der Waals surface area contributed by atoms with Crippen molar-refractivity contribution in [2.24, 2.45) is 0 Å². The standard InChI is InChI=1S/C23H23ClFN5O2/c1-13(2)28-23-27-7-5-19(29-23)15-8-16-9-17(12-31)30(21(16)18(25)10-15)20(32)11-14-4-3-6-26-22(14)24/h3-8,10,13,17,31H,9,11-12H2,1-2H3,(H,27,28,29). The Kier molecular flexibility index (Phi) is 6.34. The summed E-state index contributed by atoms with van der Waals surface area (Å²) in [4.78, 5) is 27.1. The van der Waals surface area contributed by atoms with Crippen LogP contribution < -0.4 is 10.2 Å². The molecular weight excluding hydrogens is 433 g/mol. The van der Waals surface area contributed by atoms with Crippen molar-refractivity contribution in [2.45, 2.75) is 38.8 Å². The van der Waals surface area contributed by atoms with Gasteiger partial charge in [0.05, 0.1) is 30.5 Å². The zero-order chi connectivity index (χ0) is 22.8. The van der Waals surface area contributed by atoms with Crippen LogP contribution in [0.2, 0.25) is 5.15 Å². The van der Waals surface area contributed by atoms with Gasteiger partial charge in [-0.3, -0.25) is 4.79 Å². The van der Waals surface area contributed by atoms with Gasteiger partial charge in [-0.2, -0.15) is 0 Å². The lowest BCUT2D eigenvalue weighted by atomic mass is 10.0. The second-order valence-corrected chi connectivity index (χ2v) is 8.32. The third-order valence-electron chi connectivity index (χ3n) is 5.23. The number of amides is 1. The third-order valence-corrected chi connectivity index (χ3v) is 5.57. The molecule has 0 fully saturated rings. The molecule has 1 aromatic carbocycles. The van der Waals surface area contributed by atoms with Crippen LogP contribution >= 0.6 is 11.6 Å². The number of aliphatic hydroxyl groups excluding tert-OH is 1. The Balaban J connectivity index is 1.67. The number of fused-ring (bicyclic) bond motifs is 1. The Hall–Kier alpha value is -3.10. The number of halogens is 2. The molecule has 0 radical (unpaired) electrons. The van der Waals surface area contributed by atoms with E-state index in [2.05, 4.69) is 20.3 Å². The second-order valence-electron chi connectivity index (χ2n) is 7.96. The van der Waals surface area contributed by atoms with Crippen LogP contribution in [0, 0.1) is 5.82 Å². The predicted molar refractivity (Wildman–Crippen MR) is 121 cm³/mol. The van der Waals surface area contributed by atoms with Gasteiger partial charge in [-0.1, -0.05) is 17.7 Å². The SMILES string of the molecule is CC(C)Nc1nccc(-c2cc(F)c3c(c2)CC(CO)N3C(=O)Cc2cccnc2Cl)n1. The van der Waals surface area contributed by atoms with Gasteiger partial charge in [-0.25, -0.2) is 19.3 Å². The first-order valence-electron chi connectivity index (χ1n) is 10.3. The van der Waals surface area contributed by atoms with Crippen molar-refractivity contribution in [2.75, 3.05) is 16.8 Å². The van der Waals surface area contributed by atoms with Gasteiger partial charge in [-0.15, -0.1) is 0 Å². The van der Waals surface area contributed by atoms with Crippen molar-refractivity contribution in [3.63, 3.8) is 0 Å². The number of anilines is 2. The van der Waals surface area contributed by atoms with Crippen LogP contribution in [0.5, 0.6) is 0 Å². The molecule has 1 aliphatic heterocycles. The van der Waals surface area contributed by atoms with Crippen LogP contribution in [0.25, 0.3) is 11.3 Å². The Morgan fingerprint density at radius 3 is 2.84 bits per heavy atom. The number of aromatic nitrogens is 3. The van der Waals surface area contributed by atoms with E-state index >= 15 is 4.39 Å². The predicted octanol–water partition coefficient (Wildman–Crippen LogP) is 3.64. The number of pyridine rings is 1. The van der Waals surface area contributed by atoms with Crippen LogP contribution in [0.3, 0.4) is 0 Å². The molecule has 7 nitrogen and oxygen atoms in total. The molecule has 1 unspecified atom stereocenters. The van der Waals surface area contributed by atoms with Gasteiger partial charge in [0.2, 0.25) is 11.9 Å². The van der Waals surface area contributed by atoms with E-state index in [-0.39, 0.29) is 35.8 Å². The smallest absolute Gasteiger partial charge is 0.231 e. The van der Waals surface area contributed by atoms with Gasteiger partial charge in [0.1, 0.15) is 11.0 Å². The Bertz CT molecular complexity index is 1160. The first-order valence-corrected chi connectivity index (χ1v) is 10.7. The number of carbonyl (C=O) groups is 1. The zero-order valence-electron chi connectivity index (χ0n) is 17.7. The fourth-order valence-electron chi connectivity index (χ4n) is 3.88. The molecule has 166 valence electrons. The number of hydrogen-bond acceptors (Lipinski definition) is 6. The Morgan fingerprint density at radius 2 is 2.12 bits per heavy atom. The highest BCUT2D eigenvalue weighted by Gasteiger charge is 2.36. The monoisotopic (exact) mass is 455 g/mol. The van der Waals surface area contributed by atoms with Crippen molar-refractivity contribution in [3.05, 3.63) is 64.8 Å². The summed E-state index contributed by atoms with van der Waals surface area (Å²) in [5.41, 5.74) is 2.52. The zero-order valence-corrected chi connectivity index (χ0v) is 18.5. The van der Waals surface area contributed by atoms with E-state index in [4.69, 9.17) is 11.6 Å². The maximum absolute atomic E-state index is 15.3. The highest BCUT2D eigenvalue weighted by molar-refractivity contribution is 6.30. The second kappa shape index (κ2) is 9.18. The van der Waals surface area contributed by atoms with Crippen LogP contribution in [-0.4, -0.2) is 44.7 Å². The largest absolute Gasteiger partial charge is 0.394 e. The molecule has 3 aromatic rings. The molecule has 4 rings (SSSR count). The van der Waals surface area contributed by atoms with E-state index in [9.17, 15) is 9.90 Å². The molecular formula is C23H23ClFN5O2. The number of carbonyl (C=O) groups excluding carboxylic acids is 1. The molecule has 1 atom stereocenters. The van der Waals surface area contributed by atoms with Crippen molar-refractivity contribution >= 4 is 29.1 Å². The van der Waals surface area contributed by atoms with Crippen LogP contribution in [0.4, 0.5) is 16.0 Å². The molecule has 0 saturated carbocycles. The molecule has 0 spiro atoms. The number of hydrogen-bond donors (Lipinski definition) is 2. The van der Waals surface area contributed by atoms with Gasteiger partial charge >= 0.3 is 0 Å². The highest BCUT2D eigenvalue weighted by atomic mass is 35.5. The van der Waals surface area contributed by atoms with E-state index in [1.165, 1.54) is 17.2 Å². The molecule has 9 heteroatoms. The number of rotatable bonds is 6. The lowest BCUT2D eigenvalue weighted by molar-refractivity contribution is -0.118. The fraction of sp³-hybridized carbons (Fsp3) is 0.304. The van der Waals surface area contributed by atoms with Crippen molar-refractivity contribution in [3.8, 4) is 11.3 Å². The molecule has 1 amide bonds. The molecule has 0 bridgehead atoms. The van der Waals surface area contributed by atoms with E-state index in [1.54, 1.807) is 24.4 Å². The van der Waals surface area contributed by atoms with Crippen molar-refractivity contribution in [1.29, 1.82) is 0 Å². The number of nitrogens with zero attached hydrogens (tertiary/aromatic N) is 4. The van der Waals surface area contributed by atoms with E-state index in [1.807, 2.05) is 19.9 Å². The first-order chi connectivity index (χ1) is 15.4. The van der Waals surface area contributed by atoms with Gasteiger partial charge in [0, 0.05) is 24.0 Å². The van der Waals surface area contributed by atoms with Gasteiger partial charge < -0.3 is 15.3 Å². The molecule has 0 aliphatic carbocycles. The van der Waals surface area contributed by atoms with Crippen LogP contribution in [0.1, 0.15) is 25.0 Å². The fourth-order valence-corrected chi connectivity index (χ4v) is 4.06. The minimum atomic E-state index is -0.554. The van der Waals surface area contributed by atoms with Crippen molar-refractivity contribution in [1.82, 2.24) is 15.0 Å². The number of benzene rings is 1. The topological polar surface area (TPSA) is 91.2 Å². The summed E-state index contributed by atoms with van der Waals surface area (Å²) in [7, 11) is 0. The van der Waals surface area contributed by atoms with Gasteiger partial charge in [0.25, 0.3) is 0 Å². The lowest BCUT2D eigenvalue weighted by Crippen LogP contribution is -2.41. The minimum Gasteiger partial charge on any atom is -0.394 e. The molecule has 2 N–H and O–H groups in total. The summed E-state index contributed by atoms with van der Waals surface area (Å²) < 4.78 is 15.3. The average molecular weight is 456 g/mol. The van der Waals surface area contributed by atoms with Crippen molar-refractivity contribution < 1.29 is 14.3 Å². The van der Waals surface area contributed by atoms with Gasteiger partial charge in [0.15, 0.2) is 0 Å². The molecule has 2 aromatic heterocycles. The quantitative estimate of drug-likeness (QED) is 0.551. The van der Waals surface area contributed by atoms with E-state index in [0.29, 0.717) is 34.8 Å². The van der Waals surface area contributed by atoms with E-state index in [0.717, 1.165) is 0 Å². The summed E-state index contributed by atoms with van der Waals surface area (Å²) in [6.07, 6.45) is 3.45. The summed E-state index contributed by atoms with van der Waals surface area (Å²) in [5, 5.41) is 13.2. The summed E-state index contributed by atoms with van der Waals surface area (Å²) >= 11 is 6.09. The molecule has 32 heavy (non-hydrogen) atoms. The molecule has 3 heterocycles. The van der Waals surface area contributed by atoms with E-state index < -0.39 is 11.9 Å². The first kappa shape index (κ1) is 22.1. The lowest BCUT2D eigenvalue weighted by Gasteiger charge is -2.24. The third kappa shape index (κ3) is 4.42. The highest BCUT2D eigenvalue weighted by Crippen LogP contribution is 2.38. The number of aliphatic hydroxyl groups is 1. The van der Waals surface area contributed by atoms with Crippen LogP contribution in [-0.2, 0) is 17.6 Å². The molecule has 1 aliphatic rings. The maximum Gasteiger partial charge on any atom is 0.231 e. The van der Waals surface area contributed by atoms with Gasteiger partial charge in [-0.05, 0) is 55.7 Å². The Morgan fingerprint density at radius 1 is 1.31 bits per heavy atom. The summed E-state index contributed by atoms with van der Waals surface area (Å²) in [5.74, 6) is -0.442. The summed E-state index contributed by atoms with van der Waals surface area (Å²) in [6, 6.07) is 7.87. The number of nitrogens with one attached hydrogen (secondary N) is 1. The maximum atomic E-state index is 15.3.